The predicted octanol–water partition coefficient (Wildman–Crippen LogP) is 11.5. The Morgan fingerprint density at radius 3 is 1.17 bits per heavy atom. The summed E-state index contributed by atoms with van der Waals surface area (Å²) in [5.41, 5.74) is 8.19. The minimum atomic E-state index is -1.04. The van der Waals surface area contributed by atoms with Crippen LogP contribution in [0.3, 0.4) is 0 Å². The Kier molecular flexibility index (Phi) is 13.5. The third kappa shape index (κ3) is 8.41. The van der Waals surface area contributed by atoms with E-state index in [4.69, 9.17) is 28.4 Å². The second-order valence-corrected chi connectivity index (χ2v) is 23.2. The van der Waals surface area contributed by atoms with Crippen molar-refractivity contribution in [1.82, 2.24) is 0 Å². The maximum absolute atomic E-state index is 6.98. The van der Waals surface area contributed by atoms with Gasteiger partial charge in [-0.1, -0.05) is 177 Å². The van der Waals surface area contributed by atoms with E-state index in [0.717, 1.165) is 22.6 Å². The Morgan fingerprint density at radius 2 is 0.794 bits per heavy atom. The molecule has 0 radical (unpaired) electrons. The van der Waals surface area contributed by atoms with Gasteiger partial charge < -0.3 is 28.4 Å². The number of hydrogen-bond donors (Lipinski definition) is 0. The molecule has 0 amide bonds. The highest BCUT2D eigenvalue weighted by atomic mass is 31.1. The van der Waals surface area contributed by atoms with Crippen molar-refractivity contribution in [2.75, 3.05) is 27.4 Å². The third-order valence-electron chi connectivity index (χ3n) is 13.9. The van der Waals surface area contributed by atoms with Crippen LogP contribution in [-0.4, -0.2) is 62.3 Å². The first-order valence-electron chi connectivity index (χ1n) is 22.5. The first kappa shape index (κ1) is 43.9. The first-order chi connectivity index (χ1) is 30.8. The third-order valence-corrected chi connectivity index (χ3v) is 20.7. The summed E-state index contributed by atoms with van der Waals surface area (Å²) in [6.45, 7) is 12.0. The molecule has 2 fully saturated rings. The van der Waals surface area contributed by atoms with Crippen LogP contribution in [-0.2, 0) is 37.9 Å². The molecule has 326 valence electrons. The van der Waals surface area contributed by atoms with E-state index in [1.165, 1.54) is 32.9 Å². The molecule has 0 unspecified atom stereocenters. The fourth-order valence-electron chi connectivity index (χ4n) is 10.8. The lowest BCUT2D eigenvalue weighted by molar-refractivity contribution is -0.180. The van der Waals surface area contributed by atoms with Crippen LogP contribution in [0.2, 0.25) is 0 Å². The number of rotatable bonds is 16. The molecule has 2 aliphatic heterocycles. The first-order valence-corrected chi connectivity index (χ1v) is 25.4. The van der Waals surface area contributed by atoms with Gasteiger partial charge in [-0.05, 0) is 68.4 Å². The Labute approximate surface area is 376 Å². The van der Waals surface area contributed by atoms with Crippen LogP contribution in [0.5, 0.6) is 11.5 Å². The van der Waals surface area contributed by atoms with Crippen molar-refractivity contribution in [2.24, 2.45) is 11.8 Å². The maximum Gasteiger partial charge on any atom is 0.223 e. The Bertz CT molecular complexity index is 2140. The molecule has 9 rings (SSSR count). The monoisotopic (exact) mass is 878 g/mol. The van der Waals surface area contributed by atoms with Crippen LogP contribution in [0.1, 0.15) is 49.9 Å². The molecule has 6 aromatic rings. The smallest absolute Gasteiger partial charge is 0.223 e. The Morgan fingerprint density at radius 1 is 0.429 bits per heavy atom. The quantitative estimate of drug-likeness (QED) is 0.0713. The van der Waals surface area contributed by atoms with Gasteiger partial charge in [0, 0.05) is 48.5 Å². The molecule has 8 heteroatoms. The summed E-state index contributed by atoms with van der Waals surface area (Å²) >= 11 is 0. The molecular weight excluding hydrogens is 819 g/mol. The van der Waals surface area contributed by atoms with E-state index < -0.39 is 21.6 Å². The molecule has 6 nitrogen and oxygen atoms in total. The highest BCUT2D eigenvalue weighted by Gasteiger charge is 2.54. The standard InChI is InChI=1S/C55H60O6P2/c1-37-45(35-58-43-25-15-9-16-26-43)46(36-59-44-27-17-10-18-28-44)38(2)62(37)49-31-19-29-47-51(49)52-48(55(47,56-5)57-6)30-20-32-50(52)63-39(3)53(60-33-41-21-11-7-12-22-41)54(40(63)4)61-34-42-23-13-8-14-24-42/h7-32,37-40,45-46,53-54H,33-36H2,1-6H3/t37-,38-,39-,40-,45+,46+,53+,54+/m1/s1. The van der Waals surface area contributed by atoms with Crippen LogP contribution in [0, 0.1) is 11.8 Å². The minimum absolute atomic E-state index is 0.0911. The molecule has 0 N–H and O–H groups in total. The van der Waals surface area contributed by atoms with Crippen LogP contribution < -0.4 is 20.1 Å². The van der Waals surface area contributed by atoms with Gasteiger partial charge in [-0.25, -0.2) is 0 Å². The van der Waals surface area contributed by atoms with Gasteiger partial charge in [-0.15, -0.1) is 0 Å². The molecule has 1 aliphatic carbocycles. The van der Waals surface area contributed by atoms with E-state index in [9.17, 15) is 0 Å². The second-order valence-electron chi connectivity index (χ2n) is 17.3. The molecule has 8 atom stereocenters. The zero-order chi connectivity index (χ0) is 43.5. The Hall–Kier alpha value is -4.38. The topological polar surface area (TPSA) is 55.4 Å². The maximum atomic E-state index is 6.98. The molecular formula is C55H60O6P2. The summed E-state index contributed by atoms with van der Waals surface area (Å²) in [4.78, 5) is 0. The molecule has 0 bridgehead atoms. The molecule has 63 heavy (non-hydrogen) atoms. The normalized spacial score (nSPS) is 26.9. The van der Waals surface area contributed by atoms with Crippen molar-refractivity contribution in [2.45, 2.75) is 81.5 Å². The van der Waals surface area contributed by atoms with E-state index in [0.29, 0.717) is 37.7 Å². The summed E-state index contributed by atoms with van der Waals surface area (Å²) in [5, 5.41) is 2.77. The van der Waals surface area contributed by atoms with Crippen molar-refractivity contribution in [3.8, 4) is 22.6 Å². The molecule has 3 aliphatic rings. The van der Waals surface area contributed by atoms with Crippen molar-refractivity contribution < 1.29 is 28.4 Å². The summed E-state index contributed by atoms with van der Waals surface area (Å²) in [7, 11) is 2.05. The lowest BCUT2D eigenvalue weighted by Gasteiger charge is -2.30. The van der Waals surface area contributed by atoms with Crippen molar-refractivity contribution >= 4 is 26.5 Å². The van der Waals surface area contributed by atoms with Crippen molar-refractivity contribution in [3.05, 3.63) is 180 Å². The fraction of sp³-hybridized carbons (Fsp3) is 0.345. The molecule has 2 heterocycles. The van der Waals surface area contributed by atoms with Crippen LogP contribution in [0.4, 0.5) is 0 Å². The summed E-state index contributed by atoms with van der Waals surface area (Å²) in [6.07, 6.45) is -0.182. The zero-order valence-corrected chi connectivity index (χ0v) is 39.1. The summed E-state index contributed by atoms with van der Waals surface area (Å²) in [6, 6.07) is 55.2. The molecule has 0 spiro atoms. The van der Waals surface area contributed by atoms with E-state index in [1.54, 1.807) is 14.2 Å². The lowest BCUT2D eigenvalue weighted by atomic mass is 9.89. The van der Waals surface area contributed by atoms with Gasteiger partial charge in [0.15, 0.2) is 0 Å². The number of ether oxygens (including phenoxy) is 6. The average Bonchev–Trinajstić information content (AvgIpc) is 3.86. The number of fused-ring (bicyclic) bond motifs is 3. The largest absolute Gasteiger partial charge is 0.493 e. The zero-order valence-electron chi connectivity index (χ0n) is 37.3. The molecule has 6 aromatic carbocycles. The number of benzene rings is 6. The van der Waals surface area contributed by atoms with Gasteiger partial charge in [0.05, 0.1) is 38.6 Å². The van der Waals surface area contributed by atoms with Crippen molar-refractivity contribution in [1.29, 1.82) is 0 Å². The summed E-state index contributed by atoms with van der Waals surface area (Å²) in [5.74, 6) is 1.32. The fourth-order valence-corrected chi connectivity index (χ4v) is 18.1. The van der Waals surface area contributed by atoms with Gasteiger partial charge in [0.1, 0.15) is 11.5 Å². The number of para-hydroxylation sites is 2. The number of hydrogen-bond acceptors (Lipinski definition) is 6. The predicted molar refractivity (Wildman–Crippen MR) is 259 cm³/mol. The SMILES string of the molecule is COC1(OC)c2cccc(P3[C@H](C)[C@H](COc4ccccc4)[C@@H](COc4ccccc4)[C@H]3C)c2-c2c(P3[C@H](C)[C@H](OCc4ccccc4)[C@@H](OCc4ccccc4)[C@H]3C)cccc21. The van der Waals surface area contributed by atoms with Crippen LogP contribution >= 0.6 is 15.8 Å². The minimum Gasteiger partial charge on any atom is -0.493 e. The van der Waals surface area contributed by atoms with Crippen molar-refractivity contribution in [3.63, 3.8) is 0 Å². The van der Waals surface area contributed by atoms with Crippen LogP contribution in [0.25, 0.3) is 11.1 Å². The van der Waals surface area contributed by atoms with E-state index in [1.807, 2.05) is 36.4 Å². The van der Waals surface area contributed by atoms with Gasteiger partial charge in [-0.3, -0.25) is 0 Å². The average molecular weight is 879 g/mol. The molecule has 2 saturated heterocycles. The molecule has 0 aromatic heterocycles. The number of methoxy groups -OCH3 is 2. The van der Waals surface area contributed by atoms with Gasteiger partial charge in [0.25, 0.3) is 0 Å². The highest BCUT2D eigenvalue weighted by Crippen LogP contribution is 2.65. The summed E-state index contributed by atoms with van der Waals surface area (Å²) < 4.78 is 40.4. The van der Waals surface area contributed by atoms with Crippen LogP contribution in [0.15, 0.2) is 158 Å². The molecule has 0 saturated carbocycles. The Balaban J connectivity index is 1.12. The highest BCUT2D eigenvalue weighted by molar-refractivity contribution is 7.68. The van der Waals surface area contributed by atoms with Gasteiger partial charge >= 0.3 is 0 Å². The van der Waals surface area contributed by atoms with E-state index in [-0.39, 0.29) is 35.4 Å². The van der Waals surface area contributed by atoms with Gasteiger partial charge in [-0.2, -0.15) is 0 Å². The lowest BCUT2D eigenvalue weighted by Crippen LogP contribution is -2.36. The van der Waals surface area contributed by atoms with E-state index >= 15 is 0 Å². The van der Waals surface area contributed by atoms with Gasteiger partial charge in [0.2, 0.25) is 5.79 Å². The van der Waals surface area contributed by atoms with E-state index in [2.05, 4.69) is 149 Å². The second kappa shape index (κ2) is 19.4.